The van der Waals surface area contributed by atoms with Gasteiger partial charge in [-0.1, -0.05) is 6.07 Å². The Hall–Kier alpha value is -2.14. The summed E-state index contributed by atoms with van der Waals surface area (Å²) in [7, 11) is 0. The predicted molar refractivity (Wildman–Crippen MR) is 74.6 cm³/mol. The van der Waals surface area contributed by atoms with E-state index in [0.717, 1.165) is 17.2 Å². The minimum Gasteiger partial charge on any atom is -0.478 e. The maximum absolute atomic E-state index is 12.3. The molecule has 0 saturated carbocycles. The Morgan fingerprint density at radius 2 is 2.00 bits per heavy atom. The van der Waals surface area contributed by atoms with Gasteiger partial charge in [0.05, 0.1) is 13.2 Å². The number of nitrogens with zero attached hydrogens (tertiary/aromatic N) is 1. The fraction of sp³-hybridized carbons (Fsp3) is 0.333. The van der Waals surface area contributed by atoms with Crippen LogP contribution in [0.4, 0.5) is 0 Å². The molecular weight excluding hydrogens is 258 g/mol. The van der Waals surface area contributed by atoms with Crippen LogP contribution in [0.15, 0.2) is 24.3 Å². The van der Waals surface area contributed by atoms with Crippen molar-refractivity contribution >= 4 is 18.0 Å². The minimum absolute atomic E-state index is 0.00911. The second kappa shape index (κ2) is 6.34. The lowest BCUT2D eigenvalue weighted by atomic mass is 10.0. The van der Waals surface area contributed by atoms with Crippen LogP contribution in [0, 0.1) is 6.92 Å². The number of benzene rings is 1. The van der Waals surface area contributed by atoms with Crippen molar-refractivity contribution in [3.63, 3.8) is 0 Å². The summed E-state index contributed by atoms with van der Waals surface area (Å²) in [5.74, 6) is -0.997. The van der Waals surface area contributed by atoms with Crippen LogP contribution in [0.25, 0.3) is 6.08 Å². The number of rotatable bonds is 3. The summed E-state index contributed by atoms with van der Waals surface area (Å²) < 4.78 is 5.22. The highest BCUT2D eigenvalue weighted by Gasteiger charge is 2.18. The number of carbonyl (C=O) groups excluding carboxylic acids is 1. The lowest BCUT2D eigenvalue weighted by molar-refractivity contribution is -0.131. The molecule has 0 aromatic heterocycles. The Labute approximate surface area is 117 Å². The van der Waals surface area contributed by atoms with E-state index in [-0.39, 0.29) is 5.91 Å². The van der Waals surface area contributed by atoms with Gasteiger partial charge in [-0.15, -0.1) is 0 Å². The van der Waals surface area contributed by atoms with E-state index in [9.17, 15) is 9.59 Å². The highest BCUT2D eigenvalue weighted by Crippen LogP contribution is 2.15. The molecule has 1 heterocycles. The molecular formula is C15H17NO4. The molecule has 2 rings (SSSR count). The van der Waals surface area contributed by atoms with Crippen molar-refractivity contribution in [2.75, 3.05) is 26.3 Å². The summed E-state index contributed by atoms with van der Waals surface area (Å²) in [5.41, 5.74) is 2.30. The van der Waals surface area contributed by atoms with Crippen molar-refractivity contribution in [3.05, 3.63) is 41.0 Å². The van der Waals surface area contributed by atoms with Crippen LogP contribution in [0.5, 0.6) is 0 Å². The third kappa shape index (κ3) is 3.45. The molecule has 20 heavy (non-hydrogen) atoms. The Morgan fingerprint density at radius 3 is 2.60 bits per heavy atom. The van der Waals surface area contributed by atoms with E-state index in [4.69, 9.17) is 9.84 Å². The topological polar surface area (TPSA) is 66.8 Å². The van der Waals surface area contributed by atoms with E-state index in [2.05, 4.69) is 0 Å². The van der Waals surface area contributed by atoms with Crippen LogP contribution in [0.1, 0.15) is 21.5 Å². The number of morpholine rings is 1. The van der Waals surface area contributed by atoms with E-state index >= 15 is 0 Å². The number of aryl methyl sites for hydroxylation is 1. The van der Waals surface area contributed by atoms with Crippen molar-refractivity contribution in [1.29, 1.82) is 0 Å². The number of carbonyl (C=O) groups is 2. The third-order valence-electron chi connectivity index (χ3n) is 3.22. The largest absolute Gasteiger partial charge is 0.478 e. The third-order valence-corrected chi connectivity index (χ3v) is 3.22. The highest BCUT2D eigenvalue weighted by molar-refractivity contribution is 5.95. The second-order valence-electron chi connectivity index (χ2n) is 4.65. The number of hydrogen-bond acceptors (Lipinski definition) is 3. The normalized spacial score (nSPS) is 15.6. The number of carboxylic acid groups (broad SMARTS) is 1. The molecule has 1 fully saturated rings. The second-order valence-corrected chi connectivity index (χ2v) is 4.65. The van der Waals surface area contributed by atoms with Gasteiger partial charge < -0.3 is 14.7 Å². The number of aliphatic carboxylic acids is 1. The molecule has 5 heteroatoms. The molecule has 0 atom stereocenters. The Kier molecular flexibility index (Phi) is 4.53. The van der Waals surface area contributed by atoms with Crippen LogP contribution >= 0.6 is 0 Å². The van der Waals surface area contributed by atoms with Crippen LogP contribution in [0.3, 0.4) is 0 Å². The first kappa shape index (κ1) is 14.3. The molecule has 1 aromatic carbocycles. The van der Waals surface area contributed by atoms with Crippen LogP contribution in [-0.2, 0) is 9.53 Å². The molecule has 5 nitrogen and oxygen atoms in total. The summed E-state index contributed by atoms with van der Waals surface area (Å²) in [6.45, 7) is 4.23. The van der Waals surface area contributed by atoms with E-state index in [0.29, 0.717) is 31.9 Å². The van der Waals surface area contributed by atoms with Crippen molar-refractivity contribution in [2.45, 2.75) is 6.92 Å². The summed E-state index contributed by atoms with van der Waals surface area (Å²) >= 11 is 0. The quantitative estimate of drug-likeness (QED) is 0.850. The Balaban J connectivity index is 2.15. The summed E-state index contributed by atoms with van der Waals surface area (Å²) in [4.78, 5) is 24.6. The molecule has 0 aliphatic carbocycles. The van der Waals surface area contributed by atoms with E-state index in [1.807, 2.05) is 6.92 Å². The zero-order chi connectivity index (χ0) is 14.5. The molecule has 0 spiro atoms. The number of carboxylic acids is 1. The van der Waals surface area contributed by atoms with Gasteiger partial charge >= 0.3 is 5.97 Å². The molecule has 0 bridgehead atoms. The summed E-state index contributed by atoms with van der Waals surface area (Å²) in [6, 6.07) is 5.29. The Morgan fingerprint density at radius 1 is 1.30 bits per heavy atom. The highest BCUT2D eigenvalue weighted by atomic mass is 16.5. The zero-order valence-electron chi connectivity index (χ0n) is 11.3. The zero-order valence-corrected chi connectivity index (χ0v) is 11.3. The van der Waals surface area contributed by atoms with Crippen LogP contribution in [0.2, 0.25) is 0 Å². The van der Waals surface area contributed by atoms with E-state index in [1.165, 1.54) is 6.08 Å². The average molecular weight is 275 g/mol. The van der Waals surface area contributed by atoms with Crippen LogP contribution in [-0.4, -0.2) is 48.2 Å². The van der Waals surface area contributed by atoms with Gasteiger partial charge in [0.25, 0.3) is 5.91 Å². The smallest absolute Gasteiger partial charge is 0.328 e. The number of ether oxygens (including phenoxy) is 1. The molecule has 0 unspecified atom stereocenters. The summed E-state index contributed by atoms with van der Waals surface area (Å²) in [5, 5.41) is 8.62. The molecule has 1 amide bonds. The lowest BCUT2D eigenvalue weighted by Gasteiger charge is -2.27. The molecule has 1 saturated heterocycles. The predicted octanol–water partition coefficient (Wildman–Crippen LogP) is 1.57. The average Bonchev–Trinajstić information content (AvgIpc) is 2.46. The van der Waals surface area contributed by atoms with Crippen LogP contribution < -0.4 is 0 Å². The Bertz CT molecular complexity index is 545. The van der Waals surface area contributed by atoms with Crippen molar-refractivity contribution in [2.24, 2.45) is 0 Å². The first-order valence-electron chi connectivity index (χ1n) is 6.46. The van der Waals surface area contributed by atoms with Crippen molar-refractivity contribution in [3.8, 4) is 0 Å². The lowest BCUT2D eigenvalue weighted by Crippen LogP contribution is -2.40. The maximum Gasteiger partial charge on any atom is 0.328 e. The van der Waals surface area contributed by atoms with Gasteiger partial charge in [-0.3, -0.25) is 4.79 Å². The first-order chi connectivity index (χ1) is 9.58. The molecule has 106 valence electrons. The SMILES string of the molecule is Cc1cc(C(=O)N2CCOCC2)ccc1/C=C/C(=O)O. The van der Waals surface area contributed by atoms with Gasteiger partial charge in [0.15, 0.2) is 0 Å². The number of hydrogen-bond donors (Lipinski definition) is 1. The maximum atomic E-state index is 12.3. The van der Waals surface area contributed by atoms with Gasteiger partial charge in [0.2, 0.25) is 0 Å². The molecule has 1 aliphatic rings. The fourth-order valence-corrected chi connectivity index (χ4v) is 2.11. The van der Waals surface area contributed by atoms with Gasteiger partial charge in [-0.25, -0.2) is 4.79 Å². The molecule has 1 aromatic rings. The van der Waals surface area contributed by atoms with Gasteiger partial charge in [0, 0.05) is 24.7 Å². The first-order valence-corrected chi connectivity index (χ1v) is 6.46. The van der Waals surface area contributed by atoms with Gasteiger partial charge in [0.1, 0.15) is 0 Å². The molecule has 0 radical (unpaired) electrons. The van der Waals surface area contributed by atoms with Gasteiger partial charge in [-0.05, 0) is 36.3 Å². The van der Waals surface area contributed by atoms with E-state index < -0.39 is 5.97 Å². The molecule has 1 N–H and O–H groups in total. The molecule has 1 aliphatic heterocycles. The van der Waals surface area contributed by atoms with Gasteiger partial charge in [-0.2, -0.15) is 0 Å². The monoisotopic (exact) mass is 275 g/mol. The summed E-state index contributed by atoms with van der Waals surface area (Å²) in [6.07, 6.45) is 2.62. The van der Waals surface area contributed by atoms with E-state index in [1.54, 1.807) is 23.1 Å². The standard InChI is InChI=1S/C15H17NO4/c1-11-10-13(3-2-12(11)4-5-14(17)18)15(19)16-6-8-20-9-7-16/h2-5,10H,6-9H2,1H3,(H,17,18)/b5-4+. The van der Waals surface area contributed by atoms with Crippen molar-refractivity contribution < 1.29 is 19.4 Å². The minimum atomic E-state index is -0.988. The fourth-order valence-electron chi connectivity index (χ4n) is 2.11. The number of amides is 1. The van der Waals surface area contributed by atoms with Crippen molar-refractivity contribution in [1.82, 2.24) is 4.90 Å².